The average molecular weight is 588 g/mol. The summed E-state index contributed by atoms with van der Waals surface area (Å²) in [7, 11) is 0. The molecule has 3 nitrogen and oxygen atoms in total. The second-order valence-corrected chi connectivity index (χ2v) is 11.3. The van der Waals surface area contributed by atoms with E-state index >= 15 is 0 Å². The van der Waals surface area contributed by atoms with Gasteiger partial charge >= 0.3 is 0 Å². The summed E-state index contributed by atoms with van der Waals surface area (Å²) in [6, 6.07) is 57.5. The molecule has 0 radical (unpaired) electrons. The van der Waals surface area contributed by atoms with Crippen molar-refractivity contribution in [2.45, 2.75) is 0 Å². The summed E-state index contributed by atoms with van der Waals surface area (Å²) in [6.45, 7) is 0. The number of aromatic nitrogens is 3. The molecule has 0 unspecified atom stereocenters. The molecule has 8 rings (SSSR count). The molecule has 6 aromatic carbocycles. The van der Waals surface area contributed by atoms with E-state index in [1.807, 2.05) is 30.3 Å². The van der Waals surface area contributed by atoms with E-state index in [1.54, 1.807) is 12.4 Å². The molecule has 2 aromatic heterocycles. The van der Waals surface area contributed by atoms with E-state index < -0.39 is 0 Å². The zero-order valence-corrected chi connectivity index (χ0v) is 25.1. The number of para-hydroxylation sites is 1. The van der Waals surface area contributed by atoms with E-state index in [9.17, 15) is 0 Å². The van der Waals surface area contributed by atoms with Crippen LogP contribution in [-0.2, 0) is 0 Å². The molecular weight excluding hydrogens is 558 g/mol. The first-order valence-corrected chi connectivity index (χ1v) is 15.4. The minimum Gasteiger partial charge on any atom is -0.265 e. The van der Waals surface area contributed by atoms with Gasteiger partial charge in [-0.05, 0) is 87.0 Å². The molecule has 0 atom stereocenters. The molecule has 0 N–H and O–H groups in total. The largest absolute Gasteiger partial charge is 0.265 e. The third kappa shape index (κ3) is 5.47. The molecule has 0 saturated heterocycles. The molecule has 0 saturated carbocycles. The topological polar surface area (TPSA) is 38.7 Å². The van der Waals surface area contributed by atoms with Crippen LogP contribution in [0.15, 0.2) is 176 Å². The molecule has 3 heteroatoms. The Hall–Kier alpha value is -6.19. The third-order valence-corrected chi connectivity index (χ3v) is 8.37. The fourth-order valence-electron chi connectivity index (χ4n) is 6.04. The SMILES string of the molecule is c1ccc(-c2cccc(-c3cccc(-c4cccc(-c5cccc(-c6nc(-c7ccncc7)c7ccccc7n6)c5)c4)c3)c2)cc1. The van der Waals surface area contributed by atoms with Crippen LogP contribution in [0.3, 0.4) is 0 Å². The molecule has 0 amide bonds. The predicted octanol–water partition coefficient (Wildman–Crippen LogP) is 11.0. The van der Waals surface area contributed by atoms with Crippen molar-refractivity contribution < 1.29 is 0 Å². The van der Waals surface area contributed by atoms with Crippen molar-refractivity contribution in [2.24, 2.45) is 0 Å². The van der Waals surface area contributed by atoms with Crippen LogP contribution in [0.2, 0.25) is 0 Å². The van der Waals surface area contributed by atoms with Crippen molar-refractivity contribution in [3.8, 4) is 67.2 Å². The van der Waals surface area contributed by atoms with Crippen molar-refractivity contribution in [2.75, 3.05) is 0 Å². The Morgan fingerprint density at radius 2 is 0.739 bits per heavy atom. The second kappa shape index (κ2) is 12.1. The minimum atomic E-state index is 0.703. The molecule has 0 aliphatic carbocycles. The van der Waals surface area contributed by atoms with Gasteiger partial charge in [-0.3, -0.25) is 4.98 Å². The maximum Gasteiger partial charge on any atom is 0.160 e. The lowest BCUT2D eigenvalue weighted by atomic mass is 9.94. The highest BCUT2D eigenvalue weighted by Gasteiger charge is 2.12. The van der Waals surface area contributed by atoms with Crippen molar-refractivity contribution in [3.63, 3.8) is 0 Å². The van der Waals surface area contributed by atoms with Gasteiger partial charge < -0.3 is 0 Å². The average Bonchev–Trinajstić information content (AvgIpc) is 3.15. The Morgan fingerprint density at radius 1 is 0.304 bits per heavy atom. The third-order valence-electron chi connectivity index (χ3n) is 8.37. The van der Waals surface area contributed by atoms with Crippen LogP contribution in [0.25, 0.3) is 78.1 Å². The Morgan fingerprint density at radius 3 is 1.30 bits per heavy atom. The Bertz CT molecular complexity index is 2310. The number of hydrogen-bond donors (Lipinski definition) is 0. The summed E-state index contributed by atoms with van der Waals surface area (Å²) >= 11 is 0. The van der Waals surface area contributed by atoms with Gasteiger partial charge in [-0.1, -0.05) is 121 Å². The van der Waals surface area contributed by atoms with Gasteiger partial charge in [0.25, 0.3) is 0 Å². The lowest BCUT2D eigenvalue weighted by Crippen LogP contribution is -1.95. The van der Waals surface area contributed by atoms with E-state index in [2.05, 4.69) is 138 Å². The number of benzene rings is 6. The first kappa shape index (κ1) is 27.4. The van der Waals surface area contributed by atoms with Crippen LogP contribution in [-0.4, -0.2) is 15.0 Å². The van der Waals surface area contributed by atoms with Gasteiger partial charge in [0.15, 0.2) is 5.82 Å². The standard InChI is InChI=1S/C43H29N3/c1-2-10-30(11-3-1)32-12-6-13-33(26-32)34-14-7-15-35(27-34)36-16-8-17-37(28-36)38-18-9-19-39(29-38)43-45-41-21-5-4-20-40(41)42(46-43)31-22-24-44-25-23-31/h1-29H. The predicted molar refractivity (Wildman–Crippen MR) is 190 cm³/mol. The first-order chi connectivity index (χ1) is 22.8. The Balaban J connectivity index is 1.14. The normalized spacial score (nSPS) is 11.0. The van der Waals surface area contributed by atoms with Crippen molar-refractivity contribution >= 4 is 10.9 Å². The number of fused-ring (bicyclic) bond motifs is 1. The minimum absolute atomic E-state index is 0.703. The molecule has 0 bridgehead atoms. The molecule has 8 aromatic rings. The fraction of sp³-hybridized carbons (Fsp3) is 0. The smallest absolute Gasteiger partial charge is 0.160 e. The zero-order valence-electron chi connectivity index (χ0n) is 25.1. The molecule has 0 fully saturated rings. The highest BCUT2D eigenvalue weighted by atomic mass is 14.9. The van der Waals surface area contributed by atoms with Crippen LogP contribution in [0.4, 0.5) is 0 Å². The summed E-state index contributed by atoms with van der Waals surface area (Å²) < 4.78 is 0. The van der Waals surface area contributed by atoms with Gasteiger partial charge in [0.05, 0.1) is 11.2 Å². The molecule has 2 heterocycles. The van der Waals surface area contributed by atoms with E-state index in [4.69, 9.17) is 9.97 Å². The lowest BCUT2D eigenvalue weighted by molar-refractivity contribution is 1.22. The van der Waals surface area contributed by atoms with Gasteiger partial charge in [0.1, 0.15) is 0 Å². The summed E-state index contributed by atoms with van der Waals surface area (Å²) in [5, 5.41) is 1.02. The maximum absolute atomic E-state index is 5.07. The number of rotatable bonds is 6. The molecule has 46 heavy (non-hydrogen) atoms. The zero-order chi connectivity index (χ0) is 30.7. The second-order valence-electron chi connectivity index (χ2n) is 11.3. The van der Waals surface area contributed by atoms with Crippen LogP contribution in [0.5, 0.6) is 0 Å². The van der Waals surface area contributed by atoms with Crippen molar-refractivity contribution in [1.82, 2.24) is 15.0 Å². The molecule has 0 aliphatic rings. The number of nitrogens with zero attached hydrogens (tertiary/aromatic N) is 3. The van der Waals surface area contributed by atoms with Crippen LogP contribution in [0, 0.1) is 0 Å². The quantitative estimate of drug-likeness (QED) is 0.194. The van der Waals surface area contributed by atoms with E-state index in [1.165, 1.54) is 33.4 Å². The van der Waals surface area contributed by atoms with E-state index in [0.717, 1.165) is 38.9 Å². The van der Waals surface area contributed by atoms with Gasteiger partial charge in [-0.15, -0.1) is 0 Å². The summed E-state index contributed by atoms with van der Waals surface area (Å²) in [6.07, 6.45) is 3.61. The van der Waals surface area contributed by atoms with Crippen LogP contribution < -0.4 is 0 Å². The van der Waals surface area contributed by atoms with Crippen LogP contribution >= 0.6 is 0 Å². The van der Waals surface area contributed by atoms with Crippen molar-refractivity contribution in [3.05, 3.63) is 176 Å². The van der Waals surface area contributed by atoms with Crippen LogP contribution in [0.1, 0.15) is 0 Å². The van der Waals surface area contributed by atoms with Gasteiger partial charge in [0, 0.05) is 28.9 Å². The number of hydrogen-bond acceptors (Lipinski definition) is 3. The van der Waals surface area contributed by atoms with E-state index in [0.29, 0.717) is 5.82 Å². The summed E-state index contributed by atoms with van der Waals surface area (Å²) in [5.74, 6) is 0.703. The van der Waals surface area contributed by atoms with Gasteiger partial charge in [-0.25, -0.2) is 9.97 Å². The van der Waals surface area contributed by atoms with Crippen molar-refractivity contribution in [1.29, 1.82) is 0 Å². The highest BCUT2D eigenvalue weighted by molar-refractivity contribution is 5.93. The summed E-state index contributed by atoms with van der Waals surface area (Å²) in [4.78, 5) is 14.2. The molecular formula is C43H29N3. The first-order valence-electron chi connectivity index (χ1n) is 15.4. The molecule has 216 valence electrons. The van der Waals surface area contributed by atoms with E-state index in [-0.39, 0.29) is 0 Å². The fourth-order valence-corrected chi connectivity index (χ4v) is 6.04. The Kier molecular flexibility index (Phi) is 7.18. The summed E-state index contributed by atoms with van der Waals surface area (Å²) in [5.41, 5.74) is 13.3. The maximum atomic E-state index is 5.07. The van der Waals surface area contributed by atoms with Gasteiger partial charge in [0.2, 0.25) is 0 Å². The van der Waals surface area contributed by atoms with Gasteiger partial charge in [-0.2, -0.15) is 0 Å². The highest BCUT2D eigenvalue weighted by Crippen LogP contribution is 2.34. The molecule has 0 spiro atoms. The molecule has 0 aliphatic heterocycles. The monoisotopic (exact) mass is 587 g/mol. The Labute approximate surface area is 268 Å². The number of pyridine rings is 1. The lowest BCUT2D eigenvalue weighted by Gasteiger charge is -2.11.